The van der Waals surface area contributed by atoms with Crippen LogP contribution in [0.2, 0.25) is 0 Å². The van der Waals surface area contributed by atoms with Crippen molar-refractivity contribution in [1.82, 2.24) is 0 Å². The first kappa shape index (κ1) is 25.4. The molecule has 13 nitrogen and oxygen atoms in total. The molecule has 6 rings (SSSR count). The molecular formula is C17H29O13P3. The number of carboxylic acids is 1. The Morgan fingerprint density at radius 1 is 0.879 bits per heavy atom. The zero-order valence-electron chi connectivity index (χ0n) is 18.6. The van der Waals surface area contributed by atoms with Crippen LogP contribution in [-0.2, 0) is 55.6 Å². The third-order valence-electron chi connectivity index (χ3n) is 6.29. The Balaban J connectivity index is 1.44. The molecule has 4 unspecified atom stereocenters. The molecule has 0 amide bonds. The summed E-state index contributed by atoms with van der Waals surface area (Å²) in [5.74, 6) is -5.02. The number of carbonyl (C=O) groups is 3. The monoisotopic (exact) mass is 534 g/mol. The standard InChI is InChI=1S/C17H29O13P3/c1-9(14(20)23-2)5-10(15(21)24-3)6-11(13(18)19)7-31(4,22)8-12(32-25-16(26-32)27-32)33-28-17(29-33)30-33/h9-12,16-17,32-33H,5-8H2,1-4H3,(H,18,19). The molecule has 0 aliphatic carbocycles. The Morgan fingerprint density at radius 2 is 1.36 bits per heavy atom. The summed E-state index contributed by atoms with van der Waals surface area (Å²) in [7, 11) is -6.91. The molecule has 190 valence electrons. The van der Waals surface area contributed by atoms with Crippen molar-refractivity contribution < 1.29 is 60.7 Å². The van der Waals surface area contributed by atoms with Gasteiger partial charge in [-0.15, -0.1) is 0 Å². The van der Waals surface area contributed by atoms with Gasteiger partial charge < -0.3 is 0 Å². The molecule has 6 aliphatic heterocycles. The Kier molecular flexibility index (Phi) is 6.95. The summed E-state index contributed by atoms with van der Waals surface area (Å²) in [5.41, 5.74) is 0. The average Bonchev–Trinajstić information content (AvgIpc) is 2.59. The predicted molar refractivity (Wildman–Crippen MR) is 115 cm³/mol. The van der Waals surface area contributed by atoms with E-state index in [1.807, 2.05) is 0 Å². The van der Waals surface area contributed by atoms with Crippen LogP contribution in [0.3, 0.4) is 0 Å². The third-order valence-corrected chi connectivity index (χ3v) is 16.7. The first-order chi connectivity index (χ1) is 15.4. The quantitative estimate of drug-likeness (QED) is 0.270. The summed E-state index contributed by atoms with van der Waals surface area (Å²) < 4.78 is 56.4. The van der Waals surface area contributed by atoms with Crippen LogP contribution in [0.25, 0.3) is 0 Å². The Bertz CT molecular complexity index is 820. The average molecular weight is 534 g/mol. The molecule has 0 saturated carbocycles. The van der Waals surface area contributed by atoms with Gasteiger partial charge in [-0.1, -0.05) is 0 Å². The van der Waals surface area contributed by atoms with Crippen molar-refractivity contribution in [2.75, 3.05) is 33.2 Å². The van der Waals surface area contributed by atoms with Crippen molar-refractivity contribution in [1.29, 1.82) is 0 Å². The van der Waals surface area contributed by atoms with Crippen LogP contribution in [0, 0.1) is 17.8 Å². The Morgan fingerprint density at radius 3 is 1.73 bits per heavy atom. The number of aliphatic carboxylic acids is 1. The van der Waals surface area contributed by atoms with Gasteiger partial charge in [-0.25, -0.2) is 0 Å². The molecule has 0 spiro atoms. The van der Waals surface area contributed by atoms with E-state index in [1.165, 1.54) is 20.9 Å². The molecule has 6 saturated heterocycles. The molecule has 4 atom stereocenters. The Hall–Kier alpha value is -0.740. The van der Waals surface area contributed by atoms with Gasteiger partial charge in [0.25, 0.3) is 0 Å². The van der Waals surface area contributed by atoms with Gasteiger partial charge in [0, 0.05) is 0 Å². The minimum atomic E-state index is -3.15. The number of methoxy groups -OCH3 is 2. The van der Waals surface area contributed by atoms with Crippen LogP contribution < -0.4 is 0 Å². The fourth-order valence-electron chi connectivity index (χ4n) is 4.49. The van der Waals surface area contributed by atoms with Gasteiger partial charge in [0.05, 0.1) is 0 Å². The van der Waals surface area contributed by atoms with Crippen molar-refractivity contribution in [3.05, 3.63) is 0 Å². The van der Waals surface area contributed by atoms with E-state index in [2.05, 4.69) is 0 Å². The molecule has 0 aromatic carbocycles. The number of esters is 2. The summed E-state index contributed by atoms with van der Waals surface area (Å²) in [6.45, 7) is 1.62. The second-order valence-corrected chi connectivity index (χ2v) is 18.0. The summed E-state index contributed by atoms with van der Waals surface area (Å²) >= 11 is 0. The number of carboxylic acid groups (broad SMARTS) is 1. The molecular weight excluding hydrogens is 505 g/mol. The molecule has 0 aromatic heterocycles. The molecule has 1 N–H and O–H groups in total. The van der Waals surface area contributed by atoms with E-state index in [0.717, 1.165) is 0 Å². The van der Waals surface area contributed by atoms with E-state index >= 15 is 0 Å². The maximum absolute atomic E-state index is 13.6. The summed E-state index contributed by atoms with van der Waals surface area (Å²) in [6, 6.07) is 0. The molecule has 6 fully saturated rings. The number of carbonyl (C=O) groups excluding carboxylic acids is 2. The van der Waals surface area contributed by atoms with E-state index in [4.69, 9.17) is 36.6 Å². The zero-order valence-corrected chi connectivity index (χ0v) is 21.5. The molecule has 33 heavy (non-hydrogen) atoms. The van der Waals surface area contributed by atoms with Gasteiger partial charge in [-0.05, 0) is 0 Å². The second kappa shape index (κ2) is 9.04. The summed E-state index contributed by atoms with van der Waals surface area (Å²) in [5, 5.41) is 9.22. The van der Waals surface area contributed by atoms with Crippen LogP contribution in [0.4, 0.5) is 0 Å². The van der Waals surface area contributed by atoms with Gasteiger partial charge in [-0.2, -0.15) is 0 Å². The van der Waals surface area contributed by atoms with Crippen molar-refractivity contribution in [3.63, 3.8) is 0 Å². The van der Waals surface area contributed by atoms with Crippen molar-refractivity contribution in [3.8, 4) is 0 Å². The van der Waals surface area contributed by atoms with Gasteiger partial charge >= 0.3 is 191 Å². The number of hydrogen-bond donors (Lipinski definition) is 1. The molecule has 0 aromatic rings. The second-order valence-electron chi connectivity index (χ2n) is 8.86. The van der Waals surface area contributed by atoms with Crippen molar-refractivity contribution in [2.24, 2.45) is 17.8 Å². The van der Waals surface area contributed by atoms with Gasteiger partial charge in [-0.3, -0.25) is 0 Å². The van der Waals surface area contributed by atoms with Crippen LogP contribution in [0.5, 0.6) is 0 Å². The number of rotatable bonds is 13. The SMILES string of the molecule is COC(=O)C(C)CC(CC(CP(C)(=O)CC([PH]12OC(O1)O2)[PH]12OC(O1)O2)C(=O)O)C(=O)OC. The van der Waals surface area contributed by atoms with Crippen LogP contribution >= 0.6 is 23.0 Å². The van der Waals surface area contributed by atoms with E-state index < -0.39 is 77.0 Å². The Labute approximate surface area is 191 Å². The molecule has 16 heteroatoms. The molecule has 6 heterocycles. The maximum atomic E-state index is 13.6. The number of ether oxygens (including phenoxy) is 2. The normalized spacial score (nSPS) is 32.4. The fourth-order valence-corrected chi connectivity index (χ4v) is 16.4. The van der Waals surface area contributed by atoms with Crippen LogP contribution in [0.15, 0.2) is 0 Å². The van der Waals surface area contributed by atoms with Crippen LogP contribution in [0.1, 0.15) is 19.8 Å². The van der Waals surface area contributed by atoms with Crippen molar-refractivity contribution in [2.45, 2.75) is 38.1 Å². The van der Waals surface area contributed by atoms with Gasteiger partial charge in [0.2, 0.25) is 0 Å². The summed E-state index contributed by atoms with van der Waals surface area (Å²) in [6.07, 6.45) is -0.287. The van der Waals surface area contributed by atoms with E-state index in [1.54, 1.807) is 6.92 Å². The minimum absolute atomic E-state index is 0.0100. The number of hydrogen-bond acceptors (Lipinski definition) is 12. The van der Waals surface area contributed by atoms with E-state index in [0.29, 0.717) is 0 Å². The first-order valence-electron chi connectivity index (χ1n) is 10.4. The van der Waals surface area contributed by atoms with Gasteiger partial charge in [0.1, 0.15) is 0 Å². The zero-order chi connectivity index (χ0) is 24.2. The first-order valence-corrected chi connectivity index (χ1v) is 16.6. The topological polar surface area (TPSA) is 162 Å². The summed E-state index contributed by atoms with van der Waals surface area (Å²) in [4.78, 5) is 36.1. The van der Waals surface area contributed by atoms with Gasteiger partial charge in [0.15, 0.2) is 0 Å². The fraction of sp³-hybridized carbons (Fsp3) is 0.824. The predicted octanol–water partition coefficient (Wildman–Crippen LogP) is 2.10. The molecule has 4 bridgehead atoms. The van der Waals surface area contributed by atoms with E-state index in [9.17, 15) is 24.1 Å². The van der Waals surface area contributed by atoms with Crippen LogP contribution in [-0.4, -0.2) is 74.6 Å². The van der Waals surface area contributed by atoms with E-state index in [-0.39, 0.29) is 25.2 Å². The van der Waals surface area contributed by atoms with Crippen molar-refractivity contribution >= 4 is 40.9 Å². The molecule has 0 radical (unpaired) electrons. The molecule has 6 aliphatic rings. The third kappa shape index (κ3) is 4.73.